The molecule has 0 bridgehead atoms. The molecule has 1 aromatic rings. The Bertz CT molecular complexity index is 461. The first-order chi connectivity index (χ1) is 8.69. The van der Waals surface area contributed by atoms with E-state index in [0.29, 0.717) is 12.1 Å². The van der Waals surface area contributed by atoms with Crippen LogP contribution in [0.25, 0.3) is 10.4 Å². The van der Waals surface area contributed by atoms with E-state index in [1.54, 1.807) is 18.5 Å². The second kappa shape index (κ2) is 7.65. The standard InChI is InChI=1S/C10H12BrN5O2/c1-18-10(17)9(14-2-3-15-16-12)7-4-8(11)6-13-5-7/h4-6,9,14H,2-3H2,1H3. The topological polar surface area (TPSA) is 100.0 Å². The second-order valence-electron chi connectivity index (χ2n) is 3.30. The Kier molecular flexibility index (Phi) is 6.13. The van der Waals surface area contributed by atoms with Crippen molar-refractivity contribution >= 4 is 21.9 Å². The van der Waals surface area contributed by atoms with Crippen LogP contribution in [0.3, 0.4) is 0 Å². The van der Waals surface area contributed by atoms with E-state index in [1.165, 1.54) is 7.11 Å². The van der Waals surface area contributed by atoms with Crippen molar-refractivity contribution < 1.29 is 9.53 Å². The first kappa shape index (κ1) is 14.4. The maximum Gasteiger partial charge on any atom is 0.327 e. The third-order valence-electron chi connectivity index (χ3n) is 2.12. The normalized spacial score (nSPS) is 11.4. The Labute approximate surface area is 112 Å². The van der Waals surface area contributed by atoms with Crippen LogP contribution in [0.2, 0.25) is 0 Å². The quantitative estimate of drug-likeness (QED) is 0.285. The zero-order valence-corrected chi connectivity index (χ0v) is 11.3. The number of hydrogen-bond donors (Lipinski definition) is 1. The number of halogens is 1. The summed E-state index contributed by atoms with van der Waals surface area (Å²) in [7, 11) is 1.32. The van der Waals surface area contributed by atoms with E-state index >= 15 is 0 Å². The summed E-state index contributed by atoms with van der Waals surface area (Å²) in [6, 6.07) is 1.14. The number of carbonyl (C=O) groups is 1. The highest BCUT2D eigenvalue weighted by Gasteiger charge is 2.20. The summed E-state index contributed by atoms with van der Waals surface area (Å²) in [4.78, 5) is 18.3. The number of esters is 1. The largest absolute Gasteiger partial charge is 0.468 e. The highest BCUT2D eigenvalue weighted by atomic mass is 79.9. The molecule has 7 nitrogen and oxygen atoms in total. The fourth-order valence-electron chi connectivity index (χ4n) is 1.34. The Balaban J connectivity index is 2.78. The maximum absolute atomic E-state index is 11.7. The first-order valence-corrected chi connectivity index (χ1v) is 5.91. The average Bonchev–Trinajstić information content (AvgIpc) is 2.38. The van der Waals surface area contributed by atoms with E-state index < -0.39 is 12.0 Å². The van der Waals surface area contributed by atoms with Crippen molar-refractivity contribution in [1.82, 2.24) is 10.3 Å². The molecule has 0 aliphatic heterocycles. The molecular weight excluding hydrogens is 302 g/mol. The second-order valence-corrected chi connectivity index (χ2v) is 4.22. The Hall–Kier alpha value is -1.63. The molecule has 0 aliphatic carbocycles. The van der Waals surface area contributed by atoms with Crippen molar-refractivity contribution in [3.05, 3.63) is 38.9 Å². The Morgan fingerprint density at radius 3 is 3.11 bits per heavy atom. The molecule has 8 heteroatoms. The third-order valence-corrected chi connectivity index (χ3v) is 2.55. The summed E-state index contributed by atoms with van der Waals surface area (Å²) >= 11 is 3.29. The van der Waals surface area contributed by atoms with Crippen molar-refractivity contribution in [1.29, 1.82) is 0 Å². The number of azide groups is 1. The van der Waals surface area contributed by atoms with Gasteiger partial charge in [0.1, 0.15) is 6.04 Å². The molecule has 0 aromatic carbocycles. The summed E-state index contributed by atoms with van der Waals surface area (Å²) in [6.07, 6.45) is 3.20. The molecule has 1 atom stereocenters. The smallest absolute Gasteiger partial charge is 0.327 e. The number of aromatic nitrogens is 1. The van der Waals surface area contributed by atoms with Gasteiger partial charge in [-0.05, 0) is 33.1 Å². The SMILES string of the molecule is COC(=O)C(NCCN=[N+]=[N-])c1cncc(Br)c1. The molecule has 1 heterocycles. The molecule has 18 heavy (non-hydrogen) atoms. The molecule has 0 spiro atoms. The fourth-order valence-corrected chi connectivity index (χ4v) is 1.73. The first-order valence-electron chi connectivity index (χ1n) is 5.11. The van der Waals surface area contributed by atoms with Gasteiger partial charge < -0.3 is 10.1 Å². The lowest BCUT2D eigenvalue weighted by Crippen LogP contribution is -2.31. The van der Waals surface area contributed by atoms with Gasteiger partial charge >= 0.3 is 5.97 Å². The summed E-state index contributed by atoms with van der Waals surface area (Å²) < 4.78 is 5.48. The van der Waals surface area contributed by atoms with Gasteiger partial charge in [0.05, 0.1) is 7.11 Å². The van der Waals surface area contributed by atoms with Crippen LogP contribution in [0.1, 0.15) is 11.6 Å². The lowest BCUT2D eigenvalue weighted by atomic mass is 10.1. The van der Waals surface area contributed by atoms with Crippen molar-refractivity contribution in [2.24, 2.45) is 5.11 Å². The molecule has 0 aliphatic rings. The minimum Gasteiger partial charge on any atom is -0.468 e. The van der Waals surface area contributed by atoms with Gasteiger partial charge in [-0.1, -0.05) is 5.11 Å². The van der Waals surface area contributed by atoms with Gasteiger partial charge in [-0.3, -0.25) is 4.98 Å². The van der Waals surface area contributed by atoms with Gasteiger partial charge in [-0.15, -0.1) is 0 Å². The van der Waals surface area contributed by atoms with Crippen LogP contribution in [0, 0.1) is 0 Å². The summed E-state index contributed by atoms with van der Waals surface area (Å²) in [5, 5.41) is 6.33. The van der Waals surface area contributed by atoms with E-state index in [-0.39, 0.29) is 6.54 Å². The fraction of sp³-hybridized carbons (Fsp3) is 0.400. The van der Waals surface area contributed by atoms with Gasteiger partial charge in [-0.25, -0.2) is 4.79 Å². The van der Waals surface area contributed by atoms with Crippen LogP contribution in [0.5, 0.6) is 0 Å². The van der Waals surface area contributed by atoms with E-state index in [9.17, 15) is 4.79 Å². The van der Waals surface area contributed by atoms with Crippen molar-refractivity contribution in [2.45, 2.75) is 6.04 Å². The number of nitrogens with zero attached hydrogens (tertiary/aromatic N) is 4. The molecule has 0 radical (unpaired) electrons. The van der Waals surface area contributed by atoms with E-state index in [0.717, 1.165) is 4.47 Å². The van der Waals surface area contributed by atoms with Crippen LogP contribution >= 0.6 is 15.9 Å². The molecule has 1 aromatic heterocycles. The van der Waals surface area contributed by atoms with Gasteiger partial charge in [0.15, 0.2) is 0 Å². The van der Waals surface area contributed by atoms with Crippen LogP contribution in [-0.4, -0.2) is 31.2 Å². The van der Waals surface area contributed by atoms with Crippen molar-refractivity contribution in [3.63, 3.8) is 0 Å². The zero-order valence-electron chi connectivity index (χ0n) is 9.71. The molecule has 0 amide bonds. The van der Waals surface area contributed by atoms with E-state index in [1.807, 2.05) is 0 Å². The number of nitrogens with one attached hydrogen (secondary N) is 1. The molecule has 0 saturated carbocycles. The van der Waals surface area contributed by atoms with Gasteiger partial charge in [0, 0.05) is 34.9 Å². The molecular formula is C10H12BrN5O2. The van der Waals surface area contributed by atoms with Gasteiger partial charge in [-0.2, -0.15) is 0 Å². The molecule has 1 N–H and O–H groups in total. The number of carbonyl (C=O) groups excluding carboxylic acids is 1. The van der Waals surface area contributed by atoms with Crippen LogP contribution < -0.4 is 5.32 Å². The maximum atomic E-state index is 11.7. The summed E-state index contributed by atoms with van der Waals surface area (Å²) in [5.74, 6) is -0.421. The molecule has 0 fully saturated rings. The van der Waals surface area contributed by atoms with Crippen LogP contribution in [0.4, 0.5) is 0 Å². The van der Waals surface area contributed by atoms with Gasteiger partial charge in [0.2, 0.25) is 0 Å². The minimum absolute atomic E-state index is 0.255. The number of pyridine rings is 1. The van der Waals surface area contributed by atoms with Crippen LogP contribution in [-0.2, 0) is 9.53 Å². The van der Waals surface area contributed by atoms with E-state index in [2.05, 4.69) is 36.3 Å². The lowest BCUT2D eigenvalue weighted by molar-refractivity contribution is -0.143. The molecule has 1 unspecified atom stereocenters. The summed E-state index contributed by atoms with van der Waals surface area (Å²) in [5.41, 5.74) is 8.84. The summed E-state index contributed by atoms with van der Waals surface area (Å²) in [6.45, 7) is 0.627. The number of ether oxygens (including phenoxy) is 1. The Morgan fingerprint density at radius 2 is 2.50 bits per heavy atom. The molecule has 96 valence electrons. The van der Waals surface area contributed by atoms with Crippen LogP contribution in [0.15, 0.2) is 28.0 Å². The predicted molar refractivity (Wildman–Crippen MR) is 68.7 cm³/mol. The molecule has 0 saturated heterocycles. The average molecular weight is 314 g/mol. The van der Waals surface area contributed by atoms with E-state index in [4.69, 9.17) is 10.3 Å². The number of hydrogen-bond acceptors (Lipinski definition) is 5. The number of rotatable bonds is 6. The third kappa shape index (κ3) is 4.33. The number of methoxy groups -OCH3 is 1. The highest BCUT2D eigenvalue weighted by molar-refractivity contribution is 9.10. The minimum atomic E-state index is -0.631. The highest BCUT2D eigenvalue weighted by Crippen LogP contribution is 2.17. The monoisotopic (exact) mass is 313 g/mol. The van der Waals surface area contributed by atoms with Gasteiger partial charge in [0.25, 0.3) is 0 Å². The van der Waals surface area contributed by atoms with Crippen molar-refractivity contribution in [2.75, 3.05) is 20.2 Å². The molecule has 1 rings (SSSR count). The predicted octanol–water partition coefficient (Wildman–Crippen LogP) is 1.96. The van der Waals surface area contributed by atoms with Crippen molar-refractivity contribution in [3.8, 4) is 0 Å². The Morgan fingerprint density at radius 1 is 1.72 bits per heavy atom. The zero-order chi connectivity index (χ0) is 13.4. The lowest BCUT2D eigenvalue weighted by Gasteiger charge is -2.16.